The Morgan fingerprint density at radius 2 is 1.90 bits per heavy atom. The minimum Gasteiger partial charge on any atom is -0.493 e. The predicted octanol–water partition coefficient (Wildman–Crippen LogP) is 3.31. The Bertz CT molecular complexity index is 1140. The van der Waals surface area contributed by atoms with E-state index in [1.165, 1.54) is 6.33 Å². The lowest BCUT2D eigenvalue weighted by Crippen LogP contribution is -2.33. The van der Waals surface area contributed by atoms with Gasteiger partial charge in [0.25, 0.3) is 0 Å². The number of Topliss-reactive ketones (excluding diaryl/α,β-unsaturated/α-hetero) is 1. The molecule has 2 aromatic heterocycles. The van der Waals surface area contributed by atoms with E-state index in [2.05, 4.69) is 15.4 Å². The van der Waals surface area contributed by atoms with Gasteiger partial charge < -0.3 is 23.9 Å². The molecule has 2 atom stereocenters. The highest BCUT2D eigenvalue weighted by molar-refractivity contribution is 6.00. The Hall–Kier alpha value is -3.75. The molecule has 0 radical (unpaired) electrons. The molecule has 0 amide bonds. The zero-order chi connectivity index (χ0) is 21.5. The van der Waals surface area contributed by atoms with E-state index in [9.17, 15) is 4.79 Å². The summed E-state index contributed by atoms with van der Waals surface area (Å²) < 4.78 is 23.8. The maximum atomic E-state index is 13.4. The Balaban J connectivity index is 1.65. The molecule has 3 aromatic rings. The lowest BCUT2D eigenvalue weighted by Gasteiger charge is -2.34. The fourth-order valence-corrected chi connectivity index (χ4v) is 4.44. The molecular formula is C22H22N4O5. The second-order valence-electron chi connectivity index (χ2n) is 7.45. The smallest absolute Gasteiger partial charge is 0.226 e. The molecule has 1 N–H and O–H groups in total. The topological polar surface area (TPSA) is 101 Å². The Labute approximate surface area is 178 Å². The van der Waals surface area contributed by atoms with Gasteiger partial charge in [-0.1, -0.05) is 0 Å². The summed E-state index contributed by atoms with van der Waals surface area (Å²) in [5.41, 5.74) is 2.28. The predicted molar refractivity (Wildman–Crippen MR) is 111 cm³/mol. The number of methoxy groups -OCH3 is 3. The summed E-state index contributed by atoms with van der Waals surface area (Å²) >= 11 is 0. The van der Waals surface area contributed by atoms with Crippen LogP contribution in [0.3, 0.4) is 0 Å². The fraction of sp³-hybridized carbons (Fsp3) is 0.318. The van der Waals surface area contributed by atoms with Gasteiger partial charge in [-0.05, 0) is 36.2 Å². The van der Waals surface area contributed by atoms with Crippen LogP contribution in [0.1, 0.15) is 36.1 Å². The minimum absolute atomic E-state index is 0.0242. The molecule has 5 rings (SSSR count). The van der Waals surface area contributed by atoms with E-state index in [0.717, 1.165) is 17.0 Å². The molecule has 3 heterocycles. The second-order valence-corrected chi connectivity index (χ2v) is 7.45. The first-order valence-corrected chi connectivity index (χ1v) is 9.90. The van der Waals surface area contributed by atoms with Gasteiger partial charge in [0.15, 0.2) is 17.3 Å². The van der Waals surface area contributed by atoms with Crippen LogP contribution in [0.2, 0.25) is 0 Å². The van der Waals surface area contributed by atoms with Crippen LogP contribution in [0.5, 0.6) is 17.2 Å². The molecule has 2 aliphatic rings. The average molecular weight is 422 g/mol. The Kier molecular flexibility index (Phi) is 4.65. The standard InChI is InChI=1S/C22H22N4O5/c1-28-17-9-13(10-18(29-2)21(17)30-3)20-19-14(25-22-23-11-24-26(20)22)7-12(8-15(19)27)16-5-4-6-31-16/h4-6,9-12,20H,7-8H2,1-3H3,(H,23,24,25)/t12-,20+/m0/s1. The van der Waals surface area contributed by atoms with Gasteiger partial charge in [0.1, 0.15) is 18.1 Å². The van der Waals surface area contributed by atoms with Crippen LogP contribution in [0.25, 0.3) is 0 Å². The lowest BCUT2D eigenvalue weighted by molar-refractivity contribution is -0.117. The van der Waals surface area contributed by atoms with Crippen molar-refractivity contribution < 1.29 is 23.4 Å². The molecule has 0 fully saturated rings. The first kappa shape index (κ1) is 19.2. The number of aromatic nitrogens is 3. The Morgan fingerprint density at radius 3 is 2.55 bits per heavy atom. The zero-order valence-corrected chi connectivity index (χ0v) is 17.4. The number of rotatable bonds is 5. The summed E-state index contributed by atoms with van der Waals surface area (Å²) in [5, 5.41) is 7.69. The van der Waals surface area contributed by atoms with Gasteiger partial charge in [-0.2, -0.15) is 10.1 Å². The van der Waals surface area contributed by atoms with Crippen molar-refractivity contribution in [3.05, 3.63) is 59.4 Å². The summed E-state index contributed by atoms with van der Waals surface area (Å²) in [7, 11) is 4.68. The van der Waals surface area contributed by atoms with Crippen LogP contribution in [0, 0.1) is 0 Å². The summed E-state index contributed by atoms with van der Waals surface area (Å²) in [6.07, 6.45) is 4.11. The fourth-order valence-electron chi connectivity index (χ4n) is 4.44. The number of allylic oxidation sites excluding steroid dienone is 2. The number of ketones is 1. The number of nitrogens with one attached hydrogen (secondary N) is 1. The van der Waals surface area contributed by atoms with Crippen molar-refractivity contribution in [3.63, 3.8) is 0 Å². The number of carbonyl (C=O) groups excluding carboxylic acids is 1. The normalized spacial score (nSPS) is 20.0. The summed E-state index contributed by atoms with van der Waals surface area (Å²) in [4.78, 5) is 17.7. The third-order valence-electron chi connectivity index (χ3n) is 5.81. The van der Waals surface area contributed by atoms with Crippen LogP contribution in [-0.4, -0.2) is 41.9 Å². The molecule has 0 spiro atoms. The van der Waals surface area contributed by atoms with Crippen molar-refractivity contribution in [2.45, 2.75) is 24.8 Å². The van der Waals surface area contributed by atoms with E-state index in [1.54, 1.807) is 32.3 Å². The van der Waals surface area contributed by atoms with Crippen molar-refractivity contribution in [3.8, 4) is 17.2 Å². The van der Waals surface area contributed by atoms with Crippen molar-refractivity contribution in [2.24, 2.45) is 0 Å². The van der Waals surface area contributed by atoms with Crippen molar-refractivity contribution >= 4 is 11.7 Å². The molecule has 9 nitrogen and oxygen atoms in total. The second kappa shape index (κ2) is 7.50. The van der Waals surface area contributed by atoms with Crippen LogP contribution >= 0.6 is 0 Å². The van der Waals surface area contributed by atoms with Gasteiger partial charge >= 0.3 is 0 Å². The first-order chi connectivity index (χ1) is 15.1. The number of furan rings is 1. The molecule has 9 heteroatoms. The van der Waals surface area contributed by atoms with Crippen molar-refractivity contribution in [1.29, 1.82) is 0 Å². The monoisotopic (exact) mass is 422 g/mol. The number of anilines is 1. The molecular weight excluding hydrogens is 400 g/mol. The highest BCUT2D eigenvalue weighted by Crippen LogP contribution is 2.47. The zero-order valence-electron chi connectivity index (χ0n) is 17.4. The van der Waals surface area contributed by atoms with Crippen LogP contribution < -0.4 is 19.5 Å². The molecule has 1 aromatic carbocycles. The van der Waals surface area contributed by atoms with E-state index in [1.807, 2.05) is 24.3 Å². The van der Waals surface area contributed by atoms with Gasteiger partial charge in [-0.3, -0.25) is 4.79 Å². The highest BCUT2D eigenvalue weighted by atomic mass is 16.5. The maximum absolute atomic E-state index is 13.4. The third-order valence-corrected chi connectivity index (χ3v) is 5.81. The summed E-state index contributed by atoms with van der Waals surface area (Å²) in [6, 6.07) is 6.98. The number of hydrogen-bond donors (Lipinski definition) is 1. The van der Waals surface area contributed by atoms with Gasteiger partial charge in [0.2, 0.25) is 11.7 Å². The molecule has 1 aliphatic carbocycles. The van der Waals surface area contributed by atoms with E-state index in [4.69, 9.17) is 18.6 Å². The maximum Gasteiger partial charge on any atom is 0.226 e. The van der Waals surface area contributed by atoms with E-state index >= 15 is 0 Å². The molecule has 0 bridgehead atoms. The van der Waals surface area contributed by atoms with Crippen LogP contribution in [0.4, 0.5) is 5.95 Å². The molecule has 160 valence electrons. The molecule has 0 saturated heterocycles. The quantitative estimate of drug-likeness (QED) is 0.668. The number of fused-ring (bicyclic) bond motifs is 1. The van der Waals surface area contributed by atoms with Gasteiger partial charge in [-0.15, -0.1) is 0 Å². The van der Waals surface area contributed by atoms with E-state index in [-0.39, 0.29) is 11.7 Å². The van der Waals surface area contributed by atoms with Gasteiger partial charge in [0.05, 0.1) is 27.6 Å². The summed E-state index contributed by atoms with van der Waals surface area (Å²) in [5.74, 6) is 2.90. The molecule has 31 heavy (non-hydrogen) atoms. The molecule has 1 aliphatic heterocycles. The van der Waals surface area contributed by atoms with Gasteiger partial charge in [-0.25, -0.2) is 4.68 Å². The first-order valence-electron chi connectivity index (χ1n) is 9.90. The number of nitrogens with zero attached hydrogens (tertiary/aromatic N) is 3. The average Bonchev–Trinajstić information content (AvgIpc) is 3.48. The van der Waals surface area contributed by atoms with E-state index in [0.29, 0.717) is 41.6 Å². The van der Waals surface area contributed by atoms with Gasteiger partial charge in [0, 0.05) is 23.6 Å². The largest absolute Gasteiger partial charge is 0.493 e. The highest BCUT2D eigenvalue weighted by Gasteiger charge is 2.40. The minimum atomic E-state index is -0.465. The van der Waals surface area contributed by atoms with Crippen LogP contribution in [0.15, 0.2) is 52.5 Å². The number of hydrogen-bond acceptors (Lipinski definition) is 8. The lowest BCUT2D eigenvalue weighted by atomic mass is 9.79. The molecule has 0 saturated carbocycles. The van der Waals surface area contributed by atoms with Crippen LogP contribution in [-0.2, 0) is 4.79 Å². The number of ether oxygens (including phenoxy) is 3. The Morgan fingerprint density at radius 1 is 1.13 bits per heavy atom. The SMILES string of the molecule is COc1cc([C@@H]2C3=C(C[C@H](c4ccco4)CC3=O)Nc3ncnn32)cc(OC)c1OC. The molecule has 0 unspecified atom stereocenters. The van der Waals surface area contributed by atoms with Crippen molar-refractivity contribution in [2.75, 3.05) is 26.6 Å². The number of benzene rings is 1. The van der Waals surface area contributed by atoms with Crippen molar-refractivity contribution in [1.82, 2.24) is 14.8 Å². The third kappa shape index (κ3) is 3.04. The summed E-state index contributed by atoms with van der Waals surface area (Å²) in [6.45, 7) is 0. The number of carbonyl (C=O) groups is 1. The van der Waals surface area contributed by atoms with E-state index < -0.39 is 6.04 Å².